The van der Waals surface area contributed by atoms with Gasteiger partial charge in [-0.3, -0.25) is 0 Å². The van der Waals surface area contributed by atoms with Crippen molar-refractivity contribution in [1.82, 2.24) is 0 Å². The van der Waals surface area contributed by atoms with Crippen molar-refractivity contribution in [1.29, 1.82) is 0 Å². The van der Waals surface area contributed by atoms with Gasteiger partial charge in [0, 0.05) is 11.1 Å². The Bertz CT molecular complexity index is 1100. The average Bonchev–Trinajstić information content (AvgIpc) is 2.81. The minimum Gasteiger partial charge on any atom is -0.486 e. The first-order valence-corrected chi connectivity index (χ1v) is 11.1. The van der Waals surface area contributed by atoms with Crippen molar-refractivity contribution >= 4 is 0 Å². The van der Waals surface area contributed by atoms with Crippen LogP contribution in [-0.2, 0) is 0 Å². The Labute approximate surface area is 187 Å². The van der Waals surface area contributed by atoms with Crippen LogP contribution in [0, 0.1) is 23.4 Å². The molecule has 3 aromatic rings. The molecule has 166 valence electrons. The van der Waals surface area contributed by atoms with Crippen molar-refractivity contribution in [3.05, 3.63) is 90.3 Å². The molecule has 0 N–H and O–H groups in total. The molecule has 0 aliphatic heterocycles. The van der Waals surface area contributed by atoms with E-state index in [2.05, 4.69) is 13.5 Å². The molecule has 4 rings (SSSR count). The molecular formula is C28H27F3O. The van der Waals surface area contributed by atoms with Crippen LogP contribution in [0.1, 0.15) is 44.1 Å². The van der Waals surface area contributed by atoms with Crippen LogP contribution >= 0.6 is 0 Å². The summed E-state index contributed by atoms with van der Waals surface area (Å²) in [5, 5.41) is 0. The fourth-order valence-electron chi connectivity index (χ4n) is 4.46. The van der Waals surface area contributed by atoms with Crippen LogP contribution < -0.4 is 4.74 Å². The predicted molar refractivity (Wildman–Crippen MR) is 123 cm³/mol. The van der Waals surface area contributed by atoms with E-state index in [1.54, 1.807) is 30.3 Å². The minimum absolute atomic E-state index is 0.0919. The summed E-state index contributed by atoms with van der Waals surface area (Å²) in [6.07, 6.45) is 6.05. The van der Waals surface area contributed by atoms with Crippen molar-refractivity contribution < 1.29 is 17.9 Å². The SMILES string of the molecule is C=CCOc1ccc(-c2ccc(-c3ccc(C4CCC(C)CC4)cc3F)cc2)c(F)c1F. The molecule has 4 heteroatoms. The molecule has 0 heterocycles. The topological polar surface area (TPSA) is 9.23 Å². The van der Waals surface area contributed by atoms with E-state index in [4.69, 9.17) is 4.74 Å². The Balaban J connectivity index is 1.55. The number of rotatable bonds is 6. The number of benzene rings is 3. The van der Waals surface area contributed by atoms with Crippen molar-refractivity contribution in [2.45, 2.75) is 38.5 Å². The van der Waals surface area contributed by atoms with E-state index < -0.39 is 11.6 Å². The van der Waals surface area contributed by atoms with E-state index in [-0.39, 0.29) is 23.7 Å². The lowest BCUT2D eigenvalue weighted by molar-refractivity contribution is 0.333. The second-order valence-electron chi connectivity index (χ2n) is 8.61. The van der Waals surface area contributed by atoms with Crippen LogP contribution in [0.2, 0.25) is 0 Å². The van der Waals surface area contributed by atoms with Crippen LogP contribution in [-0.4, -0.2) is 6.61 Å². The highest BCUT2D eigenvalue weighted by atomic mass is 19.2. The summed E-state index contributed by atoms with van der Waals surface area (Å²) in [7, 11) is 0. The van der Waals surface area contributed by atoms with Crippen LogP contribution in [0.4, 0.5) is 13.2 Å². The fraction of sp³-hybridized carbons (Fsp3) is 0.286. The number of ether oxygens (including phenoxy) is 1. The van der Waals surface area contributed by atoms with Gasteiger partial charge in [0.05, 0.1) is 0 Å². The van der Waals surface area contributed by atoms with Crippen LogP contribution in [0.25, 0.3) is 22.3 Å². The molecule has 0 atom stereocenters. The minimum atomic E-state index is -1.04. The first-order chi connectivity index (χ1) is 15.5. The lowest BCUT2D eigenvalue weighted by Gasteiger charge is -2.26. The maximum atomic E-state index is 14.9. The van der Waals surface area contributed by atoms with Gasteiger partial charge in [0.2, 0.25) is 5.82 Å². The lowest BCUT2D eigenvalue weighted by atomic mass is 9.79. The van der Waals surface area contributed by atoms with Gasteiger partial charge in [-0.15, -0.1) is 0 Å². The molecule has 1 aliphatic rings. The van der Waals surface area contributed by atoms with Gasteiger partial charge >= 0.3 is 0 Å². The molecule has 0 spiro atoms. The summed E-state index contributed by atoms with van der Waals surface area (Å²) in [5.41, 5.74) is 2.90. The monoisotopic (exact) mass is 436 g/mol. The largest absolute Gasteiger partial charge is 0.486 e. The molecule has 0 saturated heterocycles. The van der Waals surface area contributed by atoms with E-state index in [1.807, 2.05) is 12.1 Å². The third-order valence-electron chi connectivity index (χ3n) is 6.39. The zero-order valence-electron chi connectivity index (χ0n) is 18.2. The molecule has 1 fully saturated rings. The molecule has 1 aliphatic carbocycles. The number of hydrogen-bond acceptors (Lipinski definition) is 1. The molecule has 0 bridgehead atoms. The third kappa shape index (κ3) is 4.59. The van der Waals surface area contributed by atoms with Gasteiger partial charge in [0.15, 0.2) is 11.6 Å². The molecule has 0 unspecified atom stereocenters. The van der Waals surface area contributed by atoms with Gasteiger partial charge in [0.25, 0.3) is 0 Å². The number of halogens is 3. The van der Waals surface area contributed by atoms with Gasteiger partial charge < -0.3 is 4.74 Å². The van der Waals surface area contributed by atoms with Gasteiger partial charge in [-0.2, -0.15) is 4.39 Å². The predicted octanol–water partition coefficient (Wildman–Crippen LogP) is 8.30. The Morgan fingerprint density at radius 3 is 2.09 bits per heavy atom. The standard InChI is InChI=1S/C28H27F3O/c1-3-16-32-26-15-14-24(27(30)28(26)31)21-10-8-20(9-11-21)23-13-12-22(17-25(23)29)19-6-4-18(2)5-7-19/h3,8-15,17-19H,1,4-7,16H2,2H3. The van der Waals surface area contributed by atoms with Gasteiger partial charge in [-0.25, -0.2) is 8.78 Å². The van der Waals surface area contributed by atoms with Gasteiger partial charge in [-0.05, 0) is 59.6 Å². The van der Waals surface area contributed by atoms with Crippen LogP contribution in [0.3, 0.4) is 0 Å². The Morgan fingerprint density at radius 1 is 0.844 bits per heavy atom. The van der Waals surface area contributed by atoms with Crippen LogP contribution in [0.5, 0.6) is 5.75 Å². The highest BCUT2D eigenvalue weighted by Gasteiger charge is 2.21. The molecule has 32 heavy (non-hydrogen) atoms. The van der Waals surface area contributed by atoms with E-state index in [0.717, 1.165) is 24.3 Å². The fourth-order valence-corrected chi connectivity index (χ4v) is 4.46. The van der Waals surface area contributed by atoms with Crippen LogP contribution in [0.15, 0.2) is 67.3 Å². The molecule has 3 aromatic carbocycles. The molecule has 1 nitrogen and oxygen atoms in total. The second kappa shape index (κ2) is 9.64. The van der Waals surface area contributed by atoms with E-state index in [0.29, 0.717) is 22.6 Å². The van der Waals surface area contributed by atoms with E-state index >= 15 is 0 Å². The van der Waals surface area contributed by atoms with Crippen molar-refractivity contribution in [2.75, 3.05) is 6.61 Å². The van der Waals surface area contributed by atoms with Gasteiger partial charge in [0.1, 0.15) is 12.4 Å². The summed E-state index contributed by atoms with van der Waals surface area (Å²) in [4.78, 5) is 0. The zero-order chi connectivity index (χ0) is 22.7. The van der Waals surface area contributed by atoms with Crippen molar-refractivity contribution in [2.24, 2.45) is 5.92 Å². The number of hydrogen-bond donors (Lipinski definition) is 0. The second-order valence-corrected chi connectivity index (χ2v) is 8.61. The molecule has 0 amide bonds. The average molecular weight is 437 g/mol. The quantitative estimate of drug-likeness (QED) is 0.353. The zero-order valence-corrected chi connectivity index (χ0v) is 18.2. The Morgan fingerprint density at radius 2 is 1.47 bits per heavy atom. The van der Waals surface area contributed by atoms with Gasteiger partial charge in [-0.1, -0.05) is 68.8 Å². The highest BCUT2D eigenvalue weighted by Crippen LogP contribution is 2.37. The summed E-state index contributed by atoms with van der Waals surface area (Å²) >= 11 is 0. The first-order valence-electron chi connectivity index (χ1n) is 11.1. The normalized spacial score (nSPS) is 18.4. The molecular weight excluding hydrogens is 409 g/mol. The Hall–Kier alpha value is -3.01. The molecule has 0 radical (unpaired) electrons. The molecule has 0 aromatic heterocycles. The maximum Gasteiger partial charge on any atom is 0.201 e. The Kier molecular flexibility index (Phi) is 6.69. The van der Waals surface area contributed by atoms with Crippen molar-refractivity contribution in [3.8, 4) is 28.0 Å². The van der Waals surface area contributed by atoms with E-state index in [1.165, 1.54) is 31.1 Å². The first kappa shape index (κ1) is 22.2. The maximum absolute atomic E-state index is 14.9. The summed E-state index contributed by atoms with van der Waals surface area (Å²) in [6, 6.07) is 15.2. The van der Waals surface area contributed by atoms with Crippen molar-refractivity contribution in [3.63, 3.8) is 0 Å². The highest BCUT2D eigenvalue weighted by molar-refractivity contribution is 5.71. The third-order valence-corrected chi connectivity index (χ3v) is 6.39. The summed E-state index contributed by atoms with van der Waals surface area (Å²) in [5.74, 6) is -1.24. The lowest BCUT2D eigenvalue weighted by Crippen LogP contribution is -2.11. The smallest absolute Gasteiger partial charge is 0.201 e. The summed E-state index contributed by atoms with van der Waals surface area (Å²) in [6.45, 7) is 5.86. The van der Waals surface area contributed by atoms with E-state index in [9.17, 15) is 13.2 Å². The molecule has 1 saturated carbocycles. The summed E-state index contributed by atoms with van der Waals surface area (Å²) < 4.78 is 48.9.